The fraction of sp³-hybridized carbons (Fsp3) is 0.484. The largest absolute Gasteiger partial charge is 0.507 e. The summed E-state index contributed by atoms with van der Waals surface area (Å²) in [5, 5.41) is 11.6. The highest BCUT2D eigenvalue weighted by atomic mass is 16.3. The van der Waals surface area contributed by atoms with Crippen molar-refractivity contribution >= 4 is 23.1 Å². The highest BCUT2D eigenvalue weighted by Gasteiger charge is 2.46. The summed E-state index contributed by atoms with van der Waals surface area (Å²) < 4.78 is 0. The van der Waals surface area contributed by atoms with Crippen molar-refractivity contribution < 1.29 is 14.7 Å². The van der Waals surface area contributed by atoms with Gasteiger partial charge < -0.3 is 19.8 Å². The lowest BCUT2D eigenvalue weighted by Gasteiger charge is -2.27. The first-order chi connectivity index (χ1) is 17.4. The Balaban J connectivity index is 2.16. The number of aryl methyl sites for hydroxylation is 1. The zero-order valence-electron chi connectivity index (χ0n) is 23.8. The van der Waals surface area contributed by atoms with Crippen LogP contribution in [0.1, 0.15) is 69.3 Å². The van der Waals surface area contributed by atoms with Crippen molar-refractivity contribution in [3.05, 3.63) is 70.3 Å². The number of anilines is 1. The number of benzene rings is 2. The molecule has 1 fully saturated rings. The van der Waals surface area contributed by atoms with Gasteiger partial charge in [-0.25, -0.2) is 0 Å². The minimum absolute atomic E-state index is 0.102. The van der Waals surface area contributed by atoms with Gasteiger partial charge in [0.15, 0.2) is 0 Å². The van der Waals surface area contributed by atoms with E-state index < -0.39 is 17.7 Å². The zero-order chi connectivity index (χ0) is 27.5. The van der Waals surface area contributed by atoms with Gasteiger partial charge in [-0.1, -0.05) is 45.0 Å². The van der Waals surface area contributed by atoms with Gasteiger partial charge in [0.1, 0.15) is 5.76 Å². The van der Waals surface area contributed by atoms with E-state index in [0.717, 1.165) is 48.4 Å². The fourth-order valence-electron chi connectivity index (χ4n) is 4.96. The SMILES string of the molecule is CCN(CC)c1ccc(C2/C(=C(\O)c3cc(C(C)(C)C)ccc3C)C(=O)C(=O)N2CCCN(C)C)cc1. The number of Topliss-reactive ketones (excluding diaryl/α,β-unsaturated/α-hetero) is 1. The first-order valence-electron chi connectivity index (χ1n) is 13.3. The maximum atomic E-state index is 13.4. The van der Waals surface area contributed by atoms with Crippen LogP contribution in [0.5, 0.6) is 0 Å². The van der Waals surface area contributed by atoms with Crippen LogP contribution >= 0.6 is 0 Å². The Morgan fingerprint density at radius 3 is 2.16 bits per heavy atom. The third kappa shape index (κ3) is 6.07. The summed E-state index contributed by atoms with van der Waals surface area (Å²) in [6.45, 7) is 15.5. The number of amides is 1. The summed E-state index contributed by atoms with van der Waals surface area (Å²) in [5.41, 5.74) is 4.47. The number of hydrogen-bond acceptors (Lipinski definition) is 5. The molecule has 6 nitrogen and oxygen atoms in total. The predicted molar refractivity (Wildman–Crippen MR) is 152 cm³/mol. The minimum Gasteiger partial charge on any atom is -0.507 e. The van der Waals surface area contributed by atoms with Gasteiger partial charge in [-0.2, -0.15) is 0 Å². The summed E-state index contributed by atoms with van der Waals surface area (Å²) in [5.74, 6) is -1.28. The molecule has 0 aromatic heterocycles. The minimum atomic E-state index is -0.634. The van der Waals surface area contributed by atoms with Gasteiger partial charge in [0.25, 0.3) is 11.7 Å². The van der Waals surface area contributed by atoms with Crippen molar-refractivity contribution in [3.63, 3.8) is 0 Å². The number of aliphatic hydroxyl groups excluding tert-OH is 1. The molecule has 37 heavy (non-hydrogen) atoms. The van der Waals surface area contributed by atoms with Crippen LogP contribution in [-0.4, -0.2) is 66.9 Å². The topological polar surface area (TPSA) is 64.1 Å². The Hall–Kier alpha value is -3.12. The van der Waals surface area contributed by atoms with Gasteiger partial charge in [-0.3, -0.25) is 9.59 Å². The van der Waals surface area contributed by atoms with E-state index in [9.17, 15) is 14.7 Å². The number of nitrogens with zero attached hydrogens (tertiary/aromatic N) is 3. The maximum absolute atomic E-state index is 13.4. The van der Waals surface area contributed by atoms with Gasteiger partial charge in [-0.05, 0) is 88.1 Å². The van der Waals surface area contributed by atoms with Crippen molar-refractivity contribution in [2.75, 3.05) is 45.2 Å². The van der Waals surface area contributed by atoms with Gasteiger partial charge in [0.2, 0.25) is 0 Å². The van der Waals surface area contributed by atoms with Gasteiger partial charge in [0.05, 0.1) is 11.6 Å². The Kier molecular flexibility index (Phi) is 8.85. The van der Waals surface area contributed by atoms with Crippen LogP contribution in [0.2, 0.25) is 0 Å². The van der Waals surface area contributed by atoms with E-state index in [2.05, 4.69) is 50.5 Å². The Morgan fingerprint density at radius 2 is 1.62 bits per heavy atom. The number of carbonyl (C=O) groups excluding carboxylic acids is 2. The van der Waals surface area contributed by atoms with Gasteiger partial charge >= 0.3 is 0 Å². The summed E-state index contributed by atoms with van der Waals surface area (Å²) in [7, 11) is 3.98. The second-order valence-corrected chi connectivity index (χ2v) is 11.2. The molecule has 0 aliphatic carbocycles. The summed E-state index contributed by atoms with van der Waals surface area (Å²) in [6.07, 6.45) is 0.729. The quantitative estimate of drug-likeness (QED) is 0.277. The zero-order valence-corrected chi connectivity index (χ0v) is 23.8. The van der Waals surface area contributed by atoms with E-state index in [4.69, 9.17) is 0 Å². The number of likely N-dealkylation sites (tertiary alicyclic amines) is 1. The molecule has 1 atom stereocenters. The first-order valence-corrected chi connectivity index (χ1v) is 13.3. The number of hydrogen-bond donors (Lipinski definition) is 1. The third-order valence-electron chi connectivity index (χ3n) is 7.24. The Bertz CT molecular complexity index is 1160. The van der Waals surface area contributed by atoms with Crippen molar-refractivity contribution in [2.45, 2.75) is 59.4 Å². The molecule has 2 aromatic rings. The molecule has 0 bridgehead atoms. The molecule has 0 spiro atoms. The lowest BCUT2D eigenvalue weighted by Crippen LogP contribution is -2.32. The molecule has 1 saturated heterocycles. The highest BCUT2D eigenvalue weighted by Crippen LogP contribution is 2.41. The van der Waals surface area contributed by atoms with Crippen LogP contribution in [0.4, 0.5) is 5.69 Å². The lowest BCUT2D eigenvalue weighted by molar-refractivity contribution is -0.139. The van der Waals surface area contributed by atoms with Crippen molar-refractivity contribution in [2.24, 2.45) is 0 Å². The molecule has 1 amide bonds. The van der Waals surface area contributed by atoms with E-state index >= 15 is 0 Å². The third-order valence-corrected chi connectivity index (χ3v) is 7.24. The first kappa shape index (κ1) is 28.5. The van der Waals surface area contributed by atoms with Crippen LogP contribution < -0.4 is 4.90 Å². The fourth-order valence-corrected chi connectivity index (χ4v) is 4.96. The second-order valence-electron chi connectivity index (χ2n) is 11.2. The number of rotatable bonds is 9. The molecule has 0 radical (unpaired) electrons. The van der Waals surface area contributed by atoms with Crippen molar-refractivity contribution in [3.8, 4) is 0 Å². The average molecular weight is 506 g/mol. The number of aliphatic hydroxyl groups is 1. The predicted octanol–water partition coefficient (Wildman–Crippen LogP) is 5.51. The molecule has 1 unspecified atom stereocenters. The number of ketones is 1. The second kappa shape index (κ2) is 11.5. The van der Waals surface area contributed by atoms with Crippen LogP contribution in [0.15, 0.2) is 48.0 Å². The van der Waals surface area contributed by atoms with E-state index in [1.54, 1.807) is 4.90 Å². The standard InChI is InChI=1S/C31H43N3O3/c1-9-33(10-2)24-16-13-22(14-17-24)27-26(29(36)30(37)34(27)19-11-18-32(7)8)28(35)25-20-23(31(4,5)6)15-12-21(25)3/h12-17,20,27,35H,9-11,18-19H2,1-8H3/b28-26+. The monoisotopic (exact) mass is 505 g/mol. The van der Waals surface area contributed by atoms with Crippen LogP contribution in [-0.2, 0) is 15.0 Å². The van der Waals surface area contributed by atoms with Gasteiger partial charge in [-0.15, -0.1) is 0 Å². The molecule has 1 aliphatic rings. The molecule has 2 aromatic carbocycles. The van der Waals surface area contributed by atoms with Crippen molar-refractivity contribution in [1.29, 1.82) is 0 Å². The molecule has 1 aliphatic heterocycles. The molecule has 0 saturated carbocycles. The van der Waals surface area contributed by atoms with Gasteiger partial charge in [0, 0.05) is 30.9 Å². The van der Waals surface area contributed by atoms with Crippen LogP contribution in [0, 0.1) is 6.92 Å². The highest BCUT2D eigenvalue weighted by molar-refractivity contribution is 6.46. The Labute approximate surface area is 222 Å². The lowest BCUT2D eigenvalue weighted by atomic mass is 9.84. The van der Waals surface area contributed by atoms with E-state index in [0.29, 0.717) is 12.1 Å². The van der Waals surface area contributed by atoms with E-state index in [1.807, 2.05) is 57.4 Å². The molecule has 3 rings (SSSR count). The normalized spacial score (nSPS) is 17.6. The summed E-state index contributed by atoms with van der Waals surface area (Å²) in [4.78, 5) is 32.7. The molecular weight excluding hydrogens is 462 g/mol. The molecule has 1 N–H and O–H groups in total. The number of carbonyl (C=O) groups is 2. The molecule has 1 heterocycles. The smallest absolute Gasteiger partial charge is 0.295 e. The van der Waals surface area contributed by atoms with E-state index in [1.165, 1.54) is 0 Å². The average Bonchev–Trinajstić information content (AvgIpc) is 3.09. The summed E-state index contributed by atoms with van der Waals surface area (Å²) >= 11 is 0. The molecular formula is C31H43N3O3. The Morgan fingerprint density at radius 1 is 1.00 bits per heavy atom. The maximum Gasteiger partial charge on any atom is 0.295 e. The molecule has 200 valence electrons. The van der Waals surface area contributed by atoms with Crippen LogP contribution in [0.25, 0.3) is 5.76 Å². The van der Waals surface area contributed by atoms with Crippen molar-refractivity contribution in [1.82, 2.24) is 9.80 Å². The van der Waals surface area contributed by atoms with Crippen LogP contribution in [0.3, 0.4) is 0 Å². The van der Waals surface area contributed by atoms with E-state index in [-0.39, 0.29) is 16.7 Å². The molecule has 6 heteroatoms. The summed E-state index contributed by atoms with van der Waals surface area (Å²) in [6, 6.07) is 13.4.